The molecule has 8 heteroatoms. The van der Waals surface area contributed by atoms with E-state index in [1.807, 2.05) is 36.4 Å². The van der Waals surface area contributed by atoms with Gasteiger partial charge < -0.3 is 22.1 Å². The zero-order valence-corrected chi connectivity index (χ0v) is 20.6. The van der Waals surface area contributed by atoms with Crippen molar-refractivity contribution in [2.45, 2.75) is 62.9 Å². The molecule has 3 aromatic rings. The molecule has 2 aromatic carbocycles. The van der Waals surface area contributed by atoms with Crippen molar-refractivity contribution in [2.75, 3.05) is 12.3 Å². The van der Waals surface area contributed by atoms with Crippen molar-refractivity contribution in [3.8, 4) is 0 Å². The van der Waals surface area contributed by atoms with Gasteiger partial charge in [0.1, 0.15) is 0 Å². The van der Waals surface area contributed by atoms with Crippen LogP contribution in [-0.2, 0) is 16.0 Å². The fourth-order valence-electron chi connectivity index (χ4n) is 5.89. The number of hydrogen-bond acceptors (Lipinski definition) is 5. The molecular formula is C28H36N6O2. The molecule has 2 amide bonds. The summed E-state index contributed by atoms with van der Waals surface area (Å²) in [5.41, 5.74) is 14.9. The van der Waals surface area contributed by atoms with Crippen molar-refractivity contribution in [2.24, 2.45) is 17.6 Å². The minimum Gasteiger partial charge on any atom is -0.382 e. The Morgan fingerprint density at radius 3 is 2.64 bits per heavy atom. The molecule has 0 spiro atoms. The number of piperidine rings is 1. The Balaban J connectivity index is 1.35. The molecule has 2 aliphatic rings. The molecule has 190 valence electrons. The predicted molar refractivity (Wildman–Crippen MR) is 141 cm³/mol. The fourth-order valence-corrected chi connectivity index (χ4v) is 5.89. The van der Waals surface area contributed by atoms with Gasteiger partial charge in [-0.1, -0.05) is 36.4 Å². The molecule has 36 heavy (non-hydrogen) atoms. The van der Waals surface area contributed by atoms with E-state index in [9.17, 15) is 9.59 Å². The van der Waals surface area contributed by atoms with Crippen LogP contribution in [0.5, 0.6) is 0 Å². The Kier molecular flexibility index (Phi) is 7.23. The highest BCUT2D eigenvalue weighted by atomic mass is 16.2. The Morgan fingerprint density at radius 2 is 1.89 bits per heavy atom. The van der Waals surface area contributed by atoms with Gasteiger partial charge in [-0.3, -0.25) is 14.7 Å². The third-order valence-electron chi connectivity index (χ3n) is 8.07. The number of nitrogens with zero attached hydrogens (tertiary/aromatic N) is 1. The quantitative estimate of drug-likeness (QED) is 0.348. The van der Waals surface area contributed by atoms with Gasteiger partial charge in [0, 0.05) is 23.8 Å². The van der Waals surface area contributed by atoms with Crippen molar-refractivity contribution >= 4 is 28.5 Å². The van der Waals surface area contributed by atoms with Crippen molar-refractivity contribution in [3.63, 3.8) is 0 Å². The number of H-pyrrole nitrogens is 1. The molecule has 1 aliphatic heterocycles. The van der Waals surface area contributed by atoms with E-state index >= 15 is 0 Å². The first-order chi connectivity index (χ1) is 17.5. The van der Waals surface area contributed by atoms with E-state index in [1.54, 1.807) is 0 Å². The molecule has 3 unspecified atom stereocenters. The summed E-state index contributed by atoms with van der Waals surface area (Å²) in [5, 5.41) is 14.5. The molecule has 8 nitrogen and oxygen atoms in total. The summed E-state index contributed by atoms with van der Waals surface area (Å²) in [6, 6.07) is 15.8. The normalized spacial score (nSPS) is 25.3. The second kappa shape index (κ2) is 10.7. The number of nitrogen functional groups attached to an aromatic ring is 1. The standard InChI is InChI=1S/C28H36N6O2/c29-16-18-6-8-19(9-7-18)28(36)32-24(12-17-4-2-1-3-5-17)25-14-21(15-26(35)31-25)20-10-11-22-23(13-20)33-34-27(22)30/h1-5,10-11,13,18-19,21,24-25H,6-9,12,14-16,29H2,(H,31,35)(H,32,36)(H3,30,33,34). The first-order valence-corrected chi connectivity index (χ1v) is 13.1. The number of rotatable bonds is 7. The maximum atomic E-state index is 13.3. The van der Waals surface area contributed by atoms with Crippen LogP contribution in [-0.4, -0.2) is 40.6 Å². The van der Waals surface area contributed by atoms with Crippen LogP contribution in [0.1, 0.15) is 55.6 Å². The number of aromatic nitrogens is 2. The van der Waals surface area contributed by atoms with Crippen LogP contribution in [0.15, 0.2) is 48.5 Å². The third-order valence-corrected chi connectivity index (χ3v) is 8.07. The number of hydrogen-bond donors (Lipinski definition) is 5. The zero-order chi connectivity index (χ0) is 25.1. The van der Waals surface area contributed by atoms with E-state index in [1.165, 1.54) is 0 Å². The molecule has 7 N–H and O–H groups in total. The third kappa shape index (κ3) is 5.38. The maximum absolute atomic E-state index is 13.3. The molecule has 1 aromatic heterocycles. The average molecular weight is 489 g/mol. The second-order valence-corrected chi connectivity index (χ2v) is 10.5. The highest BCUT2D eigenvalue weighted by molar-refractivity contribution is 5.89. The Morgan fingerprint density at radius 1 is 1.11 bits per heavy atom. The highest BCUT2D eigenvalue weighted by Crippen LogP contribution is 2.33. The zero-order valence-electron chi connectivity index (χ0n) is 20.6. The largest absolute Gasteiger partial charge is 0.382 e. The monoisotopic (exact) mass is 488 g/mol. The number of carbonyl (C=O) groups excluding carboxylic acids is 2. The number of carbonyl (C=O) groups is 2. The van der Waals surface area contributed by atoms with Gasteiger partial charge in [-0.05, 0) is 80.2 Å². The minimum absolute atomic E-state index is 0.00871. The summed E-state index contributed by atoms with van der Waals surface area (Å²) >= 11 is 0. The summed E-state index contributed by atoms with van der Waals surface area (Å²) < 4.78 is 0. The second-order valence-electron chi connectivity index (χ2n) is 10.5. The number of aromatic amines is 1. The Hall–Kier alpha value is -3.39. The molecule has 2 fully saturated rings. The number of amides is 2. The lowest BCUT2D eigenvalue weighted by molar-refractivity contribution is -0.129. The van der Waals surface area contributed by atoms with Crippen molar-refractivity contribution in [3.05, 3.63) is 59.7 Å². The van der Waals surface area contributed by atoms with Gasteiger partial charge in [-0.15, -0.1) is 0 Å². The fraction of sp³-hybridized carbons (Fsp3) is 0.464. The average Bonchev–Trinajstić information content (AvgIpc) is 3.28. The molecule has 1 saturated carbocycles. The van der Waals surface area contributed by atoms with Gasteiger partial charge in [0.25, 0.3) is 0 Å². The van der Waals surface area contributed by atoms with E-state index in [2.05, 4.69) is 33.0 Å². The lowest BCUT2D eigenvalue weighted by atomic mass is 9.80. The highest BCUT2D eigenvalue weighted by Gasteiger charge is 2.35. The summed E-state index contributed by atoms with van der Waals surface area (Å²) in [6.45, 7) is 0.692. The number of nitrogens with one attached hydrogen (secondary N) is 3. The lowest BCUT2D eigenvalue weighted by Crippen LogP contribution is -2.56. The topological polar surface area (TPSA) is 139 Å². The summed E-state index contributed by atoms with van der Waals surface area (Å²) in [5.74, 6) is 1.16. The molecule has 0 bridgehead atoms. The summed E-state index contributed by atoms with van der Waals surface area (Å²) in [4.78, 5) is 26.2. The van der Waals surface area contributed by atoms with E-state index in [0.29, 0.717) is 31.1 Å². The first-order valence-electron chi connectivity index (χ1n) is 13.1. The molecule has 0 radical (unpaired) electrons. The molecule has 5 rings (SSSR count). The van der Waals surface area contributed by atoms with Gasteiger partial charge in [0.05, 0.1) is 11.6 Å². The van der Waals surface area contributed by atoms with Crippen LogP contribution in [0.2, 0.25) is 0 Å². The predicted octanol–water partition coefficient (Wildman–Crippen LogP) is 3.00. The lowest BCUT2D eigenvalue weighted by Gasteiger charge is -2.37. The molecule has 1 aliphatic carbocycles. The van der Waals surface area contributed by atoms with Crippen molar-refractivity contribution in [1.29, 1.82) is 0 Å². The van der Waals surface area contributed by atoms with E-state index in [4.69, 9.17) is 11.5 Å². The minimum atomic E-state index is -0.189. The molecule has 2 heterocycles. The summed E-state index contributed by atoms with van der Waals surface area (Å²) in [6.07, 6.45) is 5.58. The number of fused-ring (bicyclic) bond motifs is 1. The van der Waals surface area contributed by atoms with Gasteiger partial charge in [-0.2, -0.15) is 5.10 Å². The van der Waals surface area contributed by atoms with Crippen LogP contribution < -0.4 is 22.1 Å². The van der Waals surface area contributed by atoms with Crippen LogP contribution >= 0.6 is 0 Å². The number of anilines is 1. The smallest absolute Gasteiger partial charge is 0.223 e. The van der Waals surface area contributed by atoms with Gasteiger partial charge in [-0.25, -0.2) is 0 Å². The van der Waals surface area contributed by atoms with Crippen LogP contribution in [0.4, 0.5) is 5.82 Å². The van der Waals surface area contributed by atoms with Crippen molar-refractivity contribution < 1.29 is 9.59 Å². The molecular weight excluding hydrogens is 452 g/mol. The van der Waals surface area contributed by atoms with Gasteiger partial charge in [0.2, 0.25) is 11.8 Å². The maximum Gasteiger partial charge on any atom is 0.223 e. The molecule has 1 saturated heterocycles. The Labute approximate surface area is 211 Å². The number of benzene rings is 2. The van der Waals surface area contributed by atoms with Crippen LogP contribution in [0, 0.1) is 11.8 Å². The Bertz CT molecular complexity index is 1200. The van der Waals surface area contributed by atoms with Crippen LogP contribution in [0.3, 0.4) is 0 Å². The van der Waals surface area contributed by atoms with Crippen molar-refractivity contribution in [1.82, 2.24) is 20.8 Å². The number of nitrogens with two attached hydrogens (primary N) is 2. The van der Waals surface area contributed by atoms with Gasteiger partial charge >= 0.3 is 0 Å². The van der Waals surface area contributed by atoms with Gasteiger partial charge in [0.15, 0.2) is 5.82 Å². The van der Waals surface area contributed by atoms with E-state index < -0.39 is 0 Å². The van der Waals surface area contributed by atoms with E-state index in [0.717, 1.165) is 54.1 Å². The summed E-state index contributed by atoms with van der Waals surface area (Å²) in [7, 11) is 0. The SMILES string of the molecule is NCC1CCC(C(=O)NC(Cc2ccccc2)C2CC(c3ccc4c(N)n[nH]c4c3)CC(=O)N2)CC1. The van der Waals surface area contributed by atoms with Crippen LogP contribution in [0.25, 0.3) is 10.9 Å². The first kappa shape index (κ1) is 24.3. The molecule has 3 atom stereocenters. The van der Waals surface area contributed by atoms with E-state index in [-0.39, 0.29) is 35.7 Å².